The molecule has 1 rings (SSSR count). The zero-order valence-electron chi connectivity index (χ0n) is 10.3. The van der Waals surface area contributed by atoms with Gasteiger partial charge in [-0.3, -0.25) is 4.79 Å². The number of carbonyl (C=O) groups excluding carboxylic acids is 1. The molecule has 0 unspecified atom stereocenters. The largest absolute Gasteiger partial charge is 0.388 e. The minimum absolute atomic E-state index is 0.0358. The van der Waals surface area contributed by atoms with Crippen molar-refractivity contribution in [3.8, 4) is 0 Å². The van der Waals surface area contributed by atoms with Crippen molar-refractivity contribution in [3.63, 3.8) is 0 Å². The van der Waals surface area contributed by atoms with Gasteiger partial charge in [-0.25, -0.2) is 0 Å². The van der Waals surface area contributed by atoms with Gasteiger partial charge >= 0.3 is 0 Å². The molecule has 1 aliphatic rings. The maximum atomic E-state index is 11.5. The quantitative estimate of drug-likeness (QED) is 0.741. The number of carbonyl (C=O) groups is 1. The van der Waals surface area contributed by atoms with Crippen LogP contribution in [0.5, 0.6) is 0 Å². The van der Waals surface area contributed by atoms with Crippen molar-refractivity contribution >= 4 is 5.91 Å². The van der Waals surface area contributed by atoms with Crippen LogP contribution in [-0.4, -0.2) is 36.4 Å². The molecule has 0 aromatic heterocycles. The summed E-state index contributed by atoms with van der Waals surface area (Å²) in [4.78, 5) is 11.5. The SMILES string of the molecule is CC(C)CCC(=O)NCC1(O)CCOCC1. The van der Waals surface area contributed by atoms with Crippen LogP contribution >= 0.6 is 0 Å². The molecule has 4 nitrogen and oxygen atoms in total. The van der Waals surface area contributed by atoms with Crippen LogP contribution in [-0.2, 0) is 9.53 Å². The first kappa shape index (κ1) is 13.5. The molecule has 0 radical (unpaired) electrons. The van der Waals surface area contributed by atoms with Crippen molar-refractivity contribution in [2.45, 2.75) is 45.1 Å². The van der Waals surface area contributed by atoms with Crippen molar-refractivity contribution in [3.05, 3.63) is 0 Å². The van der Waals surface area contributed by atoms with Crippen molar-refractivity contribution in [2.75, 3.05) is 19.8 Å². The fraction of sp³-hybridized carbons (Fsp3) is 0.917. The third kappa shape index (κ3) is 4.94. The normalized spacial score (nSPS) is 19.8. The molecule has 0 aromatic rings. The van der Waals surface area contributed by atoms with Gasteiger partial charge in [-0.15, -0.1) is 0 Å². The van der Waals surface area contributed by atoms with Gasteiger partial charge in [-0.05, 0) is 12.3 Å². The molecule has 4 heteroatoms. The predicted molar refractivity (Wildman–Crippen MR) is 62.1 cm³/mol. The average molecular weight is 229 g/mol. The first-order valence-corrected chi connectivity index (χ1v) is 6.09. The molecule has 1 fully saturated rings. The maximum Gasteiger partial charge on any atom is 0.220 e. The minimum Gasteiger partial charge on any atom is -0.388 e. The van der Waals surface area contributed by atoms with Crippen LogP contribution in [0.15, 0.2) is 0 Å². The van der Waals surface area contributed by atoms with E-state index in [1.807, 2.05) is 0 Å². The summed E-state index contributed by atoms with van der Waals surface area (Å²) in [6.07, 6.45) is 2.66. The van der Waals surface area contributed by atoms with E-state index in [4.69, 9.17) is 4.74 Å². The monoisotopic (exact) mass is 229 g/mol. The number of hydrogen-bond acceptors (Lipinski definition) is 3. The molecule has 1 heterocycles. The Kier molecular flexibility index (Phi) is 5.22. The van der Waals surface area contributed by atoms with Crippen molar-refractivity contribution in [1.82, 2.24) is 5.32 Å². The van der Waals surface area contributed by atoms with Gasteiger partial charge in [0.05, 0.1) is 5.60 Å². The summed E-state index contributed by atoms with van der Waals surface area (Å²) in [5.74, 6) is 0.575. The summed E-state index contributed by atoms with van der Waals surface area (Å²) >= 11 is 0. The Balaban J connectivity index is 2.19. The van der Waals surface area contributed by atoms with Gasteiger partial charge in [-0.1, -0.05) is 13.8 Å². The predicted octanol–water partition coefficient (Wildman–Crippen LogP) is 1.08. The topological polar surface area (TPSA) is 58.6 Å². The van der Waals surface area contributed by atoms with Crippen LogP contribution in [0.4, 0.5) is 0 Å². The fourth-order valence-corrected chi connectivity index (χ4v) is 1.70. The van der Waals surface area contributed by atoms with Crippen molar-refractivity contribution in [2.24, 2.45) is 5.92 Å². The van der Waals surface area contributed by atoms with E-state index in [1.54, 1.807) is 0 Å². The molecule has 16 heavy (non-hydrogen) atoms. The van der Waals surface area contributed by atoms with Crippen LogP contribution in [0.1, 0.15) is 39.5 Å². The van der Waals surface area contributed by atoms with Crippen LogP contribution < -0.4 is 5.32 Å². The first-order chi connectivity index (χ1) is 7.52. The lowest BCUT2D eigenvalue weighted by molar-refractivity contribution is -0.124. The second-order valence-electron chi connectivity index (χ2n) is 5.05. The molecule has 1 aliphatic heterocycles. The van der Waals surface area contributed by atoms with Crippen LogP contribution in [0, 0.1) is 5.92 Å². The van der Waals surface area contributed by atoms with E-state index in [0.29, 0.717) is 44.9 Å². The lowest BCUT2D eigenvalue weighted by Crippen LogP contribution is -2.46. The van der Waals surface area contributed by atoms with Crippen molar-refractivity contribution in [1.29, 1.82) is 0 Å². The number of amides is 1. The van der Waals surface area contributed by atoms with Gasteiger partial charge in [-0.2, -0.15) is 0 Å². The third-order valence-corrected chi connectivity index (χ3v) is 2.99. The highest BCUT2D eigenvalue weighted by molar-refractivity contribution is 5.75. The second kappa shape index (κ2) is 6.21. The van der Waals surface area contributed by atoms with E-state index in [0.717, 1.165) is 6.42 Å². The Morgan fingerprint density at radius 3 is 2.62 bits per heavy atom. The molecule has 0 aliphatic carbocycles. The minimum atomic E-state index is -0.758. The molecule has 0 aromatic carbocycles. The Labute approximate surface area is 97.4 Å². The van der Waals surface area contributed by atoms with Crippen LogP contribution in [0.3, 0.4) is 0 Å². The van der Waals surface area contributed by atoms with Crippen molar-refractivity contribution < 1.29 is 14.6 Å². The lowest BCUT2D eigenvalue weighted by Gasteiger charge is -2.32. The average Bonchev–Trinajstić information content (AvgIpc) is 2.25. The van der Waals surface area contributed by atoms with Gasteiger partial charge in [0.2, 0.25) is 5.91 Å². The van der Waals surface area contributed by atoms with Crippen LogP contribution in [0.25, 0.3) is 0 Å². The highest BCUT2D eigenvalue weighted by Gasteiger charge is 2.29. The highest BCUT2D eigenvalue weighted by atomic mass is 16.5. The summed E-state index contributed by atoms with van der Waals surface area (Å²) in [7, 11) is 0. The molecule has 0 atom stereocenters. The zero-order chi connectivity index (χ0) is 12.0. The van der Waals surface area contributed by atoms with E-state index in [1.165, 1.54) is 0 Å². The number of aliphatic hydroxyl groups is 1. The van der Waals surface area contributed by atoms with Gasteiger partial charge in [0.1, 0.15) is 0 Å². The van der Waals surface area contributed by atoms with Crippen LogP contribution in [0.2, 0.25) is 0 Å². The Bertz CT molecular complexity index is 222. The zero-order valence-corrected chi connectivity index (χ0v) is 10.3. The van der Waals surface area contributed by atoms with E-state index >= 15 is 0 Å². The Morgan fingerprint density at radius 2 is 2.06 bits per heavy atom. The summed E-state index contributed by atoms with van der Waals surface area (Å²) in [5, 5.41) is 12.9. The summed E-state index contributed by atoms with van der Waals surface area (Å²) in [6, 6.07) is 0. The number of hydrogen-bond donors (Lipinski definition) is 2. The van der Waals surface area contributed by atoms with Gasteiger partial charge in [0, 0.05) is 39.0 Å². The Hall–Kier alpha value is -0.610. The number of ether oxygens (including phenoxy) is 1. The van der Waals surface area contributed by atoms with E-state index in [-0.39, 0.29) is 5.91 Å². The standard InChI is InChI=1S/C12H23NO3/c1-10(2)3-4-11(14)13-9-12(15)5-7-16-8-6-12/h10,15H,3-9H2,1-2H3,(H,13,14). The maximum absolute atomic E-state index is 11.5. The third-order valence-electron chi connectivity index (χ3n) is 2.99. The molecule has 1 amide bonds. The molecule has 2 N–H and O–H groups in total. The number of rotatable bonds is 5. The first-order valence-electron chi connectivity index (χ1n) is 6.09. The van der Waals surface area contributed by atoms with Gasteiger partial charge in [0.25, 0.3) is 0 Å². The Morgan fingerprint density at radius 1 is 1.44 bits per heavy atom. The summed E-state index contributed by atoms with van der Waals surface area (Å²) < 4.78 is 5.18. The molecular weight excluding hydrogens is 206 g/mol. The molecular formula is C12H23NO3. The molecule has 1 saturated heterocycles. The van der Waals surface area contributed by atoms with Gasteiger partial charge < -0.3 is 15.2 Å². The lowest BCUT2D eigenvalue weighted by atomic mass is 9.94. The number of nitrogens with one attached hydrogen (secondary N) is 1. The molecule has 0 saturated carbocycles. The fourth-order valence-electron chi connectivity index (χ4n) is 1.70. The second-order valence-corrected chi connectivity index (χ2v) is 5.05. The molecule has 0 bridgehead atoms. The summed E-state index contributed by atoms with van der Waals surface area (Å²) in [5.41, 5.74) is -0.758. The highest BCUT2D eigenvalue weighted by Crippen LogP contribution is 2.19. The molecule has 0 spiro atoms. The van der Waals surface area contributed by atoms with E-state index in [9.17, 15) is 9.90 Å². The van der Waals surface area contributed by atoms with Gasteiger partial charge in [0.15, 0.2) is 0 Å². The smallest absolute Gasteiger partial charge is 0.220 e. The van der Waals surface area contributed by atoms with E-state index in [2.05, 4.69) is 19.2 Å². The molecule has 94 valence electrons. The summed E-state index contributed by atoms with van der Waals surface area (Å²) in [6.45, 7) is 5.71. The van der Waals surface area contributed by atoms with E-state index < -0.39 is 5.60 Å².